The molecule has 2 atom stereocenters. The van der Waals surface area contributed by atoms with E-state index in [1.54, 1.807) is 6.07 Å². The van der Waals surface area contributed by atoms with Crippen molar-refractivity contribution in [3.8, 4) is 6.07 Å². The van der Waals surface area contributed by atoms with Crippen LogP contribution in [0.2, 0.25) is 0 Å². The smallest absolute Gasteiger partial charge is 0.223 e. The third-order valence-electron chi connectivity index (χ3n) is 3.81. The second-order valence-electron chi connectivity index (χ2n) is 5.33. The van der Waals surface area contributed by atoms with Crippen molar-refractivity contribution in [1.82, 2.24) is 4.90 Å². The van der Waals surface area contributed by atoms with Crippen LogP contribution >= 0.6 is 0 Å². The number of nitrogens with zero attached hydrogens (tertiary/aromatic N) is 2. The Bertz CT molecular complexity index is 521. The van der Waals surface area contributed by atoms with E-state index in [-0.39, 0.29) is 18.0 Å². The molecule has 1 amide bonds. The Morgan fingerprint density at radius 2 is 2.30 bits per heavy atom. The first kappa shape index (κ1) is 14.5. The Balaban J connectivity index is 2.40. The van der Waals surface area contributed by atoms with Crippen LogP contribution in [-0.4, -0.2) is 23.4 Å². The van der Waals surface area contributed by atoms with Crippen molar-refractivity contribution in [2.75, 3.05) is 6.54 Å². The summed E-state index contributed by atoms with van der Waals surface area (Å²) in [6, 6.07) is 9.42. The summed E-state index contributed by atoms with van der Waals surface area (Å²) in [4.78, 5) is 14.2. The maximum Gasteiger partial charge on any atom is 0.223 e. The summed E-state index contributed by atoms with van der Waals surface area (Å²) in [7, 11) is 0. The first-order valence-corrected chi connectivity index (χ1v) is 7.22. The summed E-state index contributed by atoms with van der Waals surface area (Å²) in [5, 5.41) is 9.04. The number of rotatable bonds is 3. The minimum absolute atomic E-state index is 0.0676. The topological polar surface area (TPSA) is 70.1 Å². The van der Waals surface area contributed by atoms with Crippen molar-refractivity contribution in [3.63, 3.8) is 0 Å². The fourth-order valence-corrected chi connectivity index (χ4v) is 2.90. The Morgan fingerprint density at radius 3 is 3.00 bits per heavy atom. The molecule has 0 aromatic heterocycles. The molecule has 1 saturated heterocycles. The van der Waals surface area contributed by atoms with Crippen LogP contribution in [0.15, 0.2) is 24.3 Å². The van der Waals surface area contributed by atoms with Gasteiger partial charge in [0.2, 0.25) is 5.91 Å². The molecule has 2 rings (SSSR count). The SMILES string of the molecule is CCCN1C(=O)CCCC(N)C1c1cccc(C#N)c1. The van der Waals surface area contributed by atoms with Gasteiger partial charge in [0.25, 0.3) is 0 Å². The van der Waals surface area contributed by atoms with Crippen LogP contribution in [-0.2, 0) is 4.79 Å². The van der Waals surface area contributed by atoms with Gasteiger partial charge in [-0.05, 0) is 37.0 Å². The van der Waals surface area contributed by atoms with E-state index >= 15 is 0 Å². The van der Waals surface area contributed by atoms with Crippen molar-refractivity contribution >= 4 is 5.91 Å². The van der Waals surface area contributed by atoms with E-state index in [1.165, 1.54) is 0 Å². The van der Waals surface area contributed by atoms with Gasteiger partial charge >= 0.3 is 0 Å². The molecule has 1 aliphatic heterocycles. The fraction of sp³-hybridized carbons (Fsp3) is 0.500. The summed E-state index contributed by atoms with van der Waals surface area (Å²) in [6.07, 6.45) is 3.16. The largest absolute Gasteiger partial charge is 0.334 e. The molecule has 2 unspecified atom stereocenters. The molecular formula is C16H21N3O. The zero-order chi connectivity index (χ0) is 14.5. The normalized spacial score (nSPS) is 23.2. The second-order valence-corrected chi connectivity index (χ2v) is 5.33. The van der Waals surface area contributed by atoms with Gasteiger partial charge in [0.1, 0.15) is 0 Å². The van der Waals surface area contributed by atoms with Crippen LogP contribution in [0.25, 0.3) is 0 Å². The minimum atomic E-state index is -0.113. The first-order valence-electron chi connectivity index (χ1n) is 7.22. The van der Waals surface area contributed by atoms with Crippen LogP contribution in [0.5, 0.6) is 0 Å². The van der Waals surface area contributed by atoms with Crippen molar-refractivity contribution in [2.45, 2.75) is 44.7 Å². The zero-order valence-electron chi connectivity index (χ0n) is 11.9. The molecule has 0 saturated carbocycles. The predicted molar refractivity (Wildman–Crippen MR) is 77.7 cm³/mol. The molecule has 0 bridgehead atoms. The molecule has 0 spiro atoms. The van der Waals surface area contributed by atoms with Gasteiger partial charge in [-0.25, -0.2) is 0 Å². The number of carbonyl (C=O) groups is 1. The molecular weight excluding hydrogens is 250 g/mol. The van der Waals surface area contributed by atoms with E-state index in [2.05, 4.69) is 13.0 Å². The van der Waals surface area contributed by atoms with E-state index in [0.29, 0.717) is 18.5 Å². The summed E-state index contributed by atoms with van der Waals surface area (Å²) >= 11 is 0. The summed E-state index contributed by atoms with van der Waals surface area (Å²) in [5.41, 5.74) is 7.89. The number of hydrogen-bond acceptors (Lipinski definition) is 3. The van der Waals surface area contributed by atoms with Gasteiger partial charge in [-0.2, -0.15) is 5.26 Å². The quantitative estimate of drug-likeness (QED) is 0.917. The molecule has 0 radical (unpaired) electrons. The van der Waals surface area contributed by atoms with Crippen molar-refractivity contribution in [1.29, 1.82) is 5.26 Å². The Kier molecular flexibility index (Phi) is 4.75. The van der Waals surface area contributed by atoms with E-state index < -0.39 is 0 Å². The monoisotopic (exact) mass is 271 g/mol. The molecule has 4 heteroatoms. The van der Waals surface area contributed by atoms with Crippen molar-refractivity contribution in [3.05, 3.63) is 35.4 Å². The number of nitriles is 1. The highest BCUT2D eigenvalue weighted by molar-refractivity contribution is 5.77. The number of amides is 1. The molecule has 1 aromatic carbocycles. The highest BCUT2D eigenvalue weighted by Crippen LogP contribution is 2.30. The van der Waals surface area contributed by atoms with Gasteiger partial charge in [0, 0.05) is 19.0 Å². The van der Waals surface area contributed by atoms with Crippen LogP contribution < -0.4 is 5.73 Å². The molecule has 0 aliphatic carbocycles. The first-order chi connectivity index (χ1) is 9.67. The van der Waals surface area contributed by atoms with Crippen LogP contribution in [0.3, 0.4) is 0 Å². The van der Waals surface area contributed by atoms with Gasteiger partial charge < -0.3 is 10.6 Å². The summed E-state index contributed by atoms with van der Waals surface area (Å²) in [5.74, 6) is 0.173. The van der Waals surface area contributed by atoms with Crippen molar-refractivity contribution in [2.24, 2.45) is 5.73 Å². The number of likely N-dealkylation sites (tertiary alicyclic amines) is 1. The molecule has 1 aliphatic rings. The van der Waals surface area contributed by atoms with Gasteiger partial charge in [0.05, 0.1) is 17.7 Å². The molecule has 1 aromatic rings. The lowest BCUT2D eigenvalue weighted by Crippen LogP contribution is -2.42. The summed E-state index contributed by atoms with van der Waals surface area (Å²) < 4.78 is 0. The Labute approximate surface area is 120 Å². The lowest BCUT2D eigenvalue weighted by atomic mass is 9.95. The molecule has 106 valence electrons. The average Bonchev–Trinajstić information content (AvgIpc) is 2.59. The van der Waals surface area contributed by atoms with Gasteiger partial charge in [-0.3, -0.25) is 4.79 Å². The third kappa shape index (κ3) is 3.00. The minimum Gasteiger partial charge on any atom is -0.334 e. The van der Waals surface area contributed by atoms with E-state index in [0.717, 1.165) is 24.8 Å². The number of benzene rings is 1. The van der Waals surface area contributed by atoms with Crippen molar-refractivity contribution < 1.29 is 4.79 Å². The average molecular weight is 271 g/mol. The van der Waals surface area contributed by atoms with Crippen LogP contribution in [0, 0.1) is 11.3 Å². The molecule has 1 heterocycles. The molecule has 20 heavy (non-hydrogen) atoms. The number of hydrogen-bond donors (Lipinski definition) is 1. The maximum atomic E-state index is 12.3. The Morgan fingerprint density at radius 1 is 1.50 bits per heavy atom. The predicted octanol–water partition coefficient (Wildman–Crippen LogP) is 2.35. The molecule has 4 nitrogen and oxygen atoms in total. The summed E-state index contributed by atoms with van der Waals surface area (Å²) in [6.45, 7) is 2.78. The van der Waals surface area contributed by atoms with Gasteiger partial charge in [0.15, 0.2) is 0 Å². The highest BCUT2D eigenvalue weighted by Gasteiger charge is 2.32. The number of nitrogens with two attached hydrogens (primary N) is 1. The fourth-order valence-electron chi connectivity index (χ4n) is 2.90. The number of carbonyl (C=O) groups excluding carboxylic acids is 1. The van der Waals surface area contributed by atoms with Crippen LogP contribution in [0.4, 0.5) is 0 Å². The standard InChI is InChI=1S/C16H21N3O/c1-2-9-19-15(20)8-4-7-14(18)16(19)13-6-3-5-12(10-13)11-17/h3,5-6,10,14,16H,2,4,7-9,18H2,1H3. The van der Waals surface area contributed by atoms with Gasteiger partial charge in [-0.15, -0.1) is 0 Å². The zero-order valence-corrected chi connectivity index (χ0v) is 11.9. The van der Waals surface area contributed by atoms with Crippen LogP contribution in [0.1, 0.15) is 49.8 Å². The maximum absolute atomic E-state index is 12.3. The van der Waals surface area contributed by atoms with E-state index in [9.17, 15) is 4.79 Å². The van der Waals surface area contributed by atoms with E-state index in [4.69, 9.17) is 11.0 Å². The highest BCUT2D eigenvalue weighted by atomic mass is 16.2. The Hall–Kier alpha value is -1.86. The third-order valence-corrected chi connectivity index (χ3v) is 3.81. The second kappa shape index (κ2) is 6.53. The lowest BCUT2D eigenvalue weighted by Gasteiger charge is -2.34. The van der Waals surface area contributed by atoms with E-state index in [1.807, 2.05) is 23.1 Å². The lowest BCUT2D eigenvalue weighted by molar-refractivity contribution is -0.133. The van der Waals surface area contributed by atoms with Gasteiger partial charge in [-0.1, -0.05) is 19.1 Å². The molecule has 2 N–H and O–H groups in total. The molecule has 1 fully saturated rings.